The van der Waals surface area contributed by atoms with Crippen molar-refractivity contribution in [2.45, 2.75) is 13.1 Å². The number of carbonyl (C=O) groups excluding carboxylic acids is 1. The molecule has 0 aliphatic rings. The van der Waals surface area contributed by atoms with E-state index in [4.69, 9.17) is 0 Å². The van der Waals surface area contributed by atoms with E-state index in [-0.39, 0.29) is 42.6 Å². The molecular weight excluding hydrogens is 456 g/mol. The summed E-state index contributed by atoms with van der Waals surface area (Å²) in [7, 11) is 0. The molecule has 3 aromatic heterocycles. The molecular formula is C24H19F2N7O2. The zero-order chi connectivity index (χ0) is 24.4. The van der Waals surface area contributed by atoms with Gasteiger partial charge in [-0.25, -0.2) is 18.4 Å². The van der Waals surface area contributed by atoms with Crippen molar-refractivity contribution in [2.75, 3.05) is 6.54 Å². The van der Waals surface area contributed by atoms with Crippen molar-refractivity contribution < 1.29 is 13.6 Å². The molecule has 35 heavy (non-hydrogen) atoms. The Balaban J connectivity index is 1.24. The molecule has 0 bridgehead atoms. The van der Waals surface area contributed by atoms with Crippen molar-refractivity contribution in [1.82, 2.24) is 34.8 Å². The van der Waals surface area contributed by atoms with Gasteiger partial charge < -0.3 is 5.32 Å². The van der Waals surface area contributed by atoms with Crippen LogP contribution in [0.1, 0.15) is 16.1 Å². The number of halogens is 2. The van der Waals surface area contributed by atoms with Crippen molar-refractivity contribution in [2.24, 2.45) is 0 Å². The largest absolute Gasteiger partial charge is 0.349 e. The van der Waals surface area contributed by atoms with Crippen molar-refractivity contribution in [3.8, 4) is 11.3 Å². The van der Waals surface area contributed by atoms with Crippen LogP contribution in [0.15, 0.2) is 71.9 Å². The number of benzene rings is 2. The Bertz CT molecular complexity index is 1570. The van der Waals surface area contributed by atoms with Gasteiger partial charge in [-0.15, -0.1) is 0 Å². The van der Waals surface area contributed by atoms with Gasteiger partial charge in [0.05, 0.1) is 25.0 Å². The molecule has 176 valence electrons. The van der Waals surface area contributed by atoms with Crippen LogP contribution in [-0.2, 0) is 13.1 Å². The molecule has 0 fully saturated rings. The van der Waals surface area contributed by atoms with E-state index in [2.05, 4.69) is 25.6 Å². The Morgan fingerprint density at radius 2 is 1.89 bits per heavy atom. The minimum absolute atomic E-state index is 0.0553. The first-order chi connectivity index (χ1) is 17.0. The summed E-state index contributed by atoms with van der Waals surface area (Å²) in [6.07, 6.45) is 2.77. The highest BCUT2D eigenvalue weighted by Crippen LogP contribution is 2.18. The zero-order valence-corrected chi connectivity index (χ0v) is 18.3. The monoisotopic (exact) mass is 475 g/mol. The summed E-state index contributed by atoms with van der Waals surface area (Å²) in [5.74, 6) is -1.12. The Morgan fingerprint density at radius 3 is 2.69 bits per heavy atom. The number of hydrogen-bond donors (Lipinski definition) is 2. The first-order valence-corrected chi connectivity index (χ1v) is 10.7. The molecule has 0 unspecified atom stereocenters. The smallest absolute Gasteiger partial charge is 0.269 e. The second-order valence-electron chi connectivity index (χ2n) is 7.80. The summed E-state index contributed by atoms with van der Waals surface area (Å²) in [4.78, 5) is 29.6. The molecule has 11 heteroatoms. The lowest BCUT2D eigenvalue weighted by Crippen LogP contribution is -2.28. The van der Waals surface area contributed by atoms with Crippen molar-refractivity contribution in [1.29, 1.82) is 0 Å². The first-order valence-electron chi connectivity index (χ1n) is 10.7. The van der Waals surface area contributed by atoms with Crippen LogP contribution >= 0.6 is 0 Å². The number of nitrogens with zero attached hydrogens (tertiary/aromatic N) is 5. The Morgan fingerprint density at radius 1 is 1.09 bits per heavy atom. The van der Waals surface area contributed by atoms with Gasteiger partial charge in [-0.3, -0.25) is 19.3 Å². The van der Waals surface area contributed by atoms with E-state index in [1.54, 1.807) is 36.4 Å². The first kappa shape index (κ1) is 22.1. The average Bonchev–Trinajstić information content (AvgIpc) is 3.51. The highest BCUT2D eigenvalue weighted by atomic mass is 19.1. The number of H-pyrrole nitrogens is 1. The van der Waals surface area contributed by atoms with Crippen LogP contribution in [0.4, 0.5) is 8.78 Å². The van der Waals surface area contributed by atoms with Gasteiger partial charge in [0, 0.05) is 17.7 Å². The molecule has 0 aliphatic heterocycles. The molecule has 2 aromatic carbocycles. The summed E-state index contributed by atoms with van der Waals surface area (Å²) < 4.78 is 29.9. The number of carbonyl (C=O) groups is 1. The van der Waals surface area contributed by atoms with Crippen molar-refractivity contribution in [3.05, 3.63) is 100 Å². The SMILES string of the molecule is O=C(NCCn1ncc2c(=O)n(Cc3ccccc3F)cnc21)c1cc(-c2ccc(F)cc2)n[nH]1. The van der Waals surface area contributed by atoms with E-state index in [1.807, 2.05) is 0 Å². The maximum Gasteiger partial charge on any atom is 0.269 e. The third-order valence-electron chi connectivity index (χ3n) is 5.49. The summed E-state index contributed by atoms with van der Waals surface area (Å²) in [5, 5.41) is 14.0. The maximum atomic E-state index is 13.9. The van der Waals surface area contributed by atoms with Gasteiger partial charge in [0.15, 0.2) is 5.65 Å². The van der Waals surface area contributed by atoms with Gasteiger partial charge >= 0.3 is 0 Å². The summed E-state index contributed by atoms with van der Waals surface area (Å²) in [5.41, 5.74) is 1.87. The van der Waals surface area contributed by atoms with Crippen LogP contribution in [0.3, 0.4) is 0 Å². The molecule has 0 radical (unpaired) electrons. The van der Waals surface area contributed by atoms with Gasteiger partial charge in [0.2, 0.25) is 0 Å². The Kier molecular flexibility index (Phi) is 5.88. The number of aromatic nitrogens is 6. The minimum Gasteiger partial charge on any atom is -0.349 e. The standard InChI is InChI=1S/C24H19F2N7O2/c25-17-7-5-15(6-8-17)20-11-21(31-30-20)23(34)27-9-10-33-22-18(12-29-33)24(35)32(14-28-22)13-16-3-1-2-4-19(16)26/h1-8,11-12,14H,9-10,13H2,(H,27,34)(H,30,31). The molecule has 3 heterocycles. The average molecular weight is 475 g/mol. The highest BCUT2D eigenvalue weighted by Gasteiger charge is 2.14. The van der Waals surface area contributed by atoms with E-state index < -0.39 is 5.82 Å². The predicted octanol–water partition coefficient (Wildman–Crippen LogP) is 2.74. The normalized spacial score (nSPS) is 11.1. The van der Waals surface area contributed by atoms with E-state index in [0.717, 1.165) is 0 Å². The van der Waals surface area contributed by atoms with E-state index in [0.29, 0.717) is 27.9 Å². The molecule has 0 saturated carbocycles. The molecule has 1 amide bonds. The zero-order valence-electron chi connectivity index (χ0n) is 18.3. The lowest BCUT2D eigenvalue weighted by Gasteiger charge is -2.07. The molecule has 2 N–H and O–H groups in total. The quantitative estimate of drug-likeness (QED) is 0.376. The second-order valence-corrected chi connectivity index (χ2v) is 7.80. The molecule has 0 saturated heterocycles. The Hall–Kier alpha value is -4.67. The summed E-state index contributed by atoms with van der Waals surface area (Å²) >= 11 is 0. The van der Waals surface area contributed by atoms with E-state index in [1.165, 1.54) is 40.0 Å². The fraction of sp³-hybridized carbons (Fsp3) is 0.125. The number of rotatable bonds is 7. The van der Waals surface area contributed by atoms with Crippen molar-refractivity contribution >= 4 is 16.9 Å². The molecule has 5 rings (SSSR count). The lowest BCUT2D eigenvalue weighted by molar-refractivity contribution is 0.0947. The van der Waals surface area contributed by atoms with E-state index in [9.17, 15) is 18.4 Å². The number of nitrogens with one attached hydrogen (secondary N) is 2. The van der Waals surface area contributed by atoms with Crippen LogP contribution in [0.5, 0.6) is 0 Å². The van der Waals surface area contributed by atoms with E-state index >= 15 is 0 Å². The van der Waals surface area contributed by atoms with Crippen LogP contribution in [0.2, 0.25) is 0 Å². The summed E-state index contributed by atoms with van der Waals surface area (Å²) in [6, 6.07) is 13.6. The predicted molar refractivity (Wildman–Crippen MR) is 124 cm³/mol. The van der Waals surface area contributed by atoms with Gasteiger partial charge in [0.25, 0.3) is 11.5 Å². The van der Waals surface area contributed by atoms with Crippen molar-refractivity contribution in [3.63, 3.8) is 0 Å². The number of amides is 1. The van der Waals surface area contributed by atoms with Crippen LogP contribution in [-0.4, -0.2) is 42.0 Å². The summed E-state index contributed by atoms with van der Waals surface area (Å²) in [6.45, 7) is 0.554. The third-order valence-corrected chi connectivity index (χ3v) is 5.49. The number of hydrogen-bond acceptors (Lipinski definition) is 5. The van der Waals surface area contributed by atoms with Gasteiger partial charge in [-0.1, -0.05) is 18.2 Å². The third kappa shape index (κ3) is 4.56. The van der Waals surface area contributed by atoms with Crippen LogP contribution in [0, 0.1) is 11.6 Å². The number of fused-ring (bicyclic) bond motifs is 1. The van der Waals surface area contributed by atoms with Crippen LogP contribution < -0.4 is 10.9 Å². The highest BCUT2D eigenvalue weighted by molar-refractivity contribution is 5.93. The topological polar surface area (TPSA) is 110 Å². The molecule has 0 spiro atoms. The molecule has 0 aliphatic carbocycles. The lowest BCUT2D eigenvalue weighted by atomic mass is 10.1. The second kappa shape index (κ2) is 9.29. The van der Waals surface area contributed by atoms with Gasteiger partial charge in [-0.2, -0.15) is 10.2 Å². The molecule has 5 aromatic rings. The fourth-order valence-electron chi connectivity index (χ4n) is 3.66. The fourth-order valence-corrected chi connectivity index (χ4v) is 3.66. The maximum absolute atomic E-state index is 13.9. The number of aromatic amines is 1. The van der Waals surface area contributed by atoms with Gasteiger partial charge in [0.1, 0.15) is 29.0 Å². The van der Waals surface area contributed by atoms with Gasteiger partial charge in [-0.05, 0) is 36.4 Å². The Labute approximate surface area is 197 Å². The molecule has 9 nitrogen and oxygen atoms in total. The molecule has 0 atom stereocenters. The minimum atomic E-state index is -0.395. The van der Waals surface area contributed by atoms with Crippen LogP contribution in [0.25, 0.3) is 22.3 Å².